The molecule has 28 heavy (non-hydrogen) atoms. The van der Waals surface area contributed by atoms with E-state index in [2.05, 4.69) is 10.3 Å². The van der Waals surface area contributed by atoms with Crippen LogP contribution in [0.1, 0.15) is 33.2 Å². The average molecular weight is 417 g/mol. The summed E-state index contributed by atoms with van der Waals surface area (Å²) in [4.78, 5) is 39.4. The van der Waals surface area contributed by atoms with Crippen LogP contribution < -0.4 is 5.32 Å². The van der Waals surface area contributed by atoms with Crippen molar-refractivity contribution in [1.82, 2.24) is 5.32 Å². The third kappa shape index (κ3) is 4.24. The van der Waals surface area contributed by atoms with E-state index in [1.807, 2.05) is 0 Å². The minimum atomic E-state index is -1.27. The van der Waals surface area contributed by atoms with E-state index in [1.54, 1.807) is 31.2 Å². The molecule has 3 rings (SSSR count). The van der Waals surface area contributed by atoms with Crippen LogP contribution in [0.2, 0.25) is 5.02 Å². The number of aromatic carboxylic acids is 2. The molecule has 9 heteroatoms. The van der Waals surface area contributed by atoms with Crippen LogP contribution in [-0.2, 0) is 4.79 Å². The molecule has 0 atom stereocenters. The molecule has 7 nitrogen and oxygen atoms in total. The molecule has 0 spiro atoms. The molecule has 0 aromatic heterocycles. The predicted molar refractivity (Wildman–Crippen MR) is 107 cm³/mol. The van der Waals surface area contributed by atoms with Gasteiger partial charge in [-0.15, -0.1) is 0 Å². The van der Waals surface area contributed by atoms with Gasteiger partial charge in [0.2, 0.25) is 0 Å². The molecule has 142 valence electrons. The smallest absolute Gasteiger partial charge is 0.335 e. The molecular formula is C19H13ClN2O5S. The third-order valence-electron chi connectivity index (χ3n) is 3.89. The highest BCUT2D eigenvalue weighted by atomic mass is 35.5. The Morgan fingerprint density at radius 3 is 2.11 bits per heavy atom. The van der Waals surface area contributed by atoms with Gasteiger partial charge in [0.1, 0.15) is 0 Å². The summed E-state index contributed by atoms with van der Waals surface area (Å²) in [6, 6.07) is 10.6. The number of amides is 1. The number of nitrogens with zero attached hydrogens (tertiary/aromatic N) is 1. The van der Waals surface area contributed by atoms with E-state index < -0.39 is 11.9 Å². The molecule has 1 amide bonds. The number of carbonyl (C=O) groups is 3. The molecule has 0 aliphatic carbocycles. The Hall–Kier alpha value is -3.10. The number of thioether (sulfide) groups is 1. The van der Waals surface area contributed by atoms with E-state index in [1.165, 1.54) is 12.1 Å². The molecule has 0 radical (unpaired) electrons. The molecule has 1 heterocycles. The first-order valence-electron chi connectivity index (χ1n) is 7.91. The lowest BCUT2D eigenvalue weighted by molar-refractivity contribution is -0.115. The standard InChI is InChI=1S/C19H13ClN2O5S/c1-9(10-2-4-13(20)5-3-10)15-16(23)22-19(28-15)21-14-7-11(17(24)25)6-12(8-14)18(26)27/h2-8H,1H3,(H,24,25)(H,26,27)(H,21,22,23)/b15-9-. The lowest BCUT2D eigenvalue weighted by Gasteiger charge is -2.04. The average Bonchev–Trinajstić information content (AvgIpc) is 3.01. The summed E-state index contributed by atoms with van der Waals surface area (Å²) in [6.45, 7) is 1.79. The second-order valence-corrected chi connectivity index (χ2v) is 7.25. The van der Waals surface area contributed by atoms with Crippen molar-refractivity contribution in [3.63, 3.8) is 0 Å². The van der Waals surface area contributed by atoms with Crippen molar-refractivity contribution in [2.75, 3.05) is 0 Å². The highest BCUT2D eigenvalue weighted by Gasteiger charge is 2.26. The van der Waals surface area contributed by atoms with Crippen LogP contribution in [-0.4, -0.2) is 33.2 Å². The van der Waals surface area contributed by atoms with Crippen LogP contribution in [0.5, 0.6) is 0 Å². The van der Waals surface area contributed by atoms with E-state index in [9.17, 15) is 14.4 Å². The summed E-state index contributed by atoms with van der Waals surface area (Å²) < 4.78 is 0. The first-order chi connectivity index (χ1) is 13.2. The summed E-state index contributed by atoms with van der Waals surface area (Å²) in [5, 5.41) is 21.7. The lowest BCUT2D eigenvalue weighted by atomic mass is 10.1. The number of hydrogen-bond acceptors (Lipinski definition) is 5. The fourth-order valence-electron chi connectivity index (χ4n) is 2.49. The minimum Gasteiger partial charge on any atom is -0.478 e. The molecule has 1 saturated heterocycles. The molecule has 1 aliphatic rings. The zero-order chi connectivity index (χ0) is 20.4. The first kappa shape index (κ1) is 19.7. The van der Waals surface area contributed by atoms with Gasteiger partial charge >= 0.3 is 11.9 Å². The van der Waals surface area contributed by atoms with Crippen molar-refractivity contribution >= 4 is 57.6 Å². The maximum atomic E-state index is 12.3. The Balaban J connectivity index is 1.96. The Morgan fingerprint density at radius 2 is 1.57 bits per heavy atom. The van der Waals surface area contributed by atoms with Crippen molar-refractivity contribution in [2.24, 2.45) is 4.99 Å². The number of hydrogen-bond donors (Lipinski definition) is 3. The topological polar surface area (TPSA) is 116 Å². The second-order valence-electron chi connectivity index (χ2n) is 5.81. The number of carbonyl (C=O) groups excluding carboxylic acids is 1. The van der Waals surface area contributed by atoms with Crippen LogP contribution in [0, 0.1) is 0 Å². The largest absolute Gasteiger partial charge is 0.478 e. The molecule has 0 unspecified atom stereocenters. The summed E-state index contributed by atoms with van der Waals surface area (Å²) >= 11 is 6.98. The van der Waals surface area contributed by atoms with Gasteiger partial charge < -0.3 is 15.5 Å². The highest BCUT2D eigenvalue weighted by Crippen LogP contribution is 2.33. The van der Waals surface area contributed by atoms with E-state index in [-0.39, 0.29) is 27.9 Å². The van der Waals surface area contributed by atoms with Crippen LogP contribution in [0.4, 0.5) is 5.69 Å². The molecule has 0 bridgehead atoms. The lowest BCUT2D eigenvalue weighted by Crippen LogP contribution is -2.19. The third-order valence-corrected chi connectivity index (χ3v) is 5.22. The monoisotopic (exact) mass is 416 g/mol. The van der Waals surface area contributed by atoms with Gasteiger partial charge in [-0.2, -0.15) is 0 Å². The highest BCUT2D eigenvalue weighted by molar-refractivity contribution is 8.18. The van der Waals surface area contributed by atoms with Crippen molar-refractivity contribution in [3.8, 4) is 0 Å². The van der Waals surface area contributed by atoms with Crippen molar-refractivity contribution in [3.05, 3.63) is 69.1 Å². The van der Waals surface area contributed by atoms with Crippen molar-refractivity contribution in [1.29, 1.82) is 0 Å². The van der Waals surface area contributed by atoms with Gasteiger partial charge in [0.05, 0.1) is 21.7 Å². The van der Waals surface area contributed by atoms with Gasteiger partial charge in [0, 0.05) is 5.02 Å². The zero-order valence-electron chi connectivity index (χ0n) is 14.4. The number of rotatable bonds is 4. The van der Waals surface area contributed by atoms with Crippen molar-refractivity contribution in [2.45, 2.75) is 6.92 Å². The van der Waals surface area contributed by atoms with Crippen LogP contribution in [0.15, 0.2) is 52.4 Å². The van der Waals surface area contributed by atoms with Gasteiger partial charge in [-0.3, -0.25) is 4.79 Å². The predicted octanol–water partition coefficient (Wildman–Crippen LogP) is 4.02. The van der Waals surface area contributed by atoms with Gasteiger partial charge in [-0.25, -0.2) is 14.6 Å². The fourth-order valence-corrected chi connectivity index (χ4v) is 3.52. The number of carboxylic acid groups (broad SMARTS) is 2. The Morgan fingerprint density at radius 1 is 1.00 bits per heavy atom. The molecule has 2 aromatic carbocycles. The number of amidine groups is 1. The molecule has 3 N–H and O–H groups in total. The summed E-state index contributed by atoms with van der Waals surface area (Å²) in [5.41, 5.74) is 1.26. The van der Waals surface area contributed by atoms with Gasteiger partial charge in [0.25, 0.3) is 5.91 Å². The molecule has 0 saturated carbocycles. The van der Waals surface area contributed by atoms with Crippen molar-refractivity contribution < 1.29 is 24.6 Å². The number of nitrogens with one attached hydrogen (secondary N) is 1. The number of halogens is 1. The maximum absolute atomic E-state index is 12.3. The van der Waals surface area contributed by atoms with E-state index in [4.69, 9.17) is 21.8 Å². The number of benzene rings is 2. The fraction of sp³-hybridized carbons (Fsp3) is 0.0526. The van der Waals surface area contributed by atoms with Crippen LogP contribution >= 0.6 is 23.4 Å². The Kier molecular flexibility index (Phi) is 5.53. The number of aliphatic imine (C=N–C) groups is 1. The maximum Gasteiger partial charge on any atom is 0.335 e. The number of carboxylic acids is 2. The molecule has 1 fully saturated rings. The summed E-state index contributed by atoms with van der Waals surface area (Å²) in [7, 11) is 0. The Labute approximate surface area is 168 Å². The van der Waals surface area contributed by atoms with E-state index >= 15 is 0 Å². The summed E-state index contributed by atoms with van der Waals surface area (Å²) in [6.07, 6.45) is 0. The molecular weight excluding hydrogens is 404 g/mol. The van der Waals surface area contributed by atoms with Gasteiger partial charge in [-0.1, -0.05) is 23.7 Å². The quantitative estimate of drug-likeness (QED) is 0.648. The SMILES string of the molecule is C/C(=C1/SC(=Nc2cc(C(=O)O)cc(C(=O)O)c2)NC1=O)c1ccc(Cl)cc1. The second kappa shape index (κ2) is 7.87. The molecule has 1 aliphatic heterocycles. The molecule has 2 aromatic rings. The summed E-state index contributed by atoms with van der Waals surface area (Å²) in [5.74, 6) is -2.89. The Bertz CT molecular complexity index is 1030. The first-order valence-corrected chi connectivity index (χ1v) is 9.10. The van der Waals surface area contributed by atoms with Crippen LogP contribution in [0.3, 0.4) is 0 Å². The normalized spacial score (nSPS) is 16.8. The van der Waals surface area contributed by atoms with E-state index in [0.717, 1.165) is 29.0 Å². The zero-order valence-corrected chi connectivity index (χ0v) is 16.0. The van der Waals surface area contributed by atoms with Gasteiger partial charge in [0.15, 0.2) is 5.17 Å². The number of allylic oxidation sites excluding steroid dienone is 1. The minimum absolute atomic E-state index is 0.116. The van der Waals surface area contributed by atoms with Gasteiger partial charge in [-0.05, 0) is 60.2 Å². The van der Waals surface area contributed by atoms with Crippen LogP contribution in [0.25, 0.3) is 5.57 Å². The van der Waals surface area contributed by atoms with E-state index in [0.29, 0.717) is 9.93 Å².